The highest BCUT2D eigenvalue weighted by atomic mass is 32.1. The van der Waals surface area contributed by atoms with Crippen LogP contribution < -0.4 is 10.6 Å². The van der Waals surface area contributed by atoms with E-state index in [4.69, 9.17) is 0 Å². The summed E-state index contributed by atoms with van der Waals surface area (Å²) in [6, 6.07) is 5.32. The maximum Gasteiger partial charge on any atom is 0.272 e. The van der Waals surface area contributed by atoms with E-state index >= 15 is 0 Å². The molecule has 0 saturated carbocycles. The largest absolute Gasteiger partial charge is 0.354 e. The van der Waals surface area contributed by atoms with Crippen molar-refractivity contribution in [1.29, 1.82) is 0 Å². The Bertz CT molecular complexity index is 1280. The minimum atomic E-state index is -0.292. The van der Waals surface area contributed by atoms with Crippen LogP contribution in [0, 0.1) is 5.92 Å². The molecule has 0 unspecified atom stereocenters. The zero-order valence-corrected chi connectivity index (χ0v) is 20.2. The van der Waals surface area contributed by atoms with Crippen molar-refractivity contribution in [1.82, 2.24) is 30.3 Å². The molecule has 3 N–H and O–H groups in total. The SMILES string of the molecule is CNC(=O)c1n[nH]c2ccc(NC(=O)[C@@H]3CCN(CC(=O)N4CC=C(c5nccs5)CC4)C3)cc12. The molecule has 5 rings (SSSR count). The number of carbonyl (C=O) groups excluding carboxylic acids is 3. The van der Waals surface area contributed by atoms with Crippen LogP contribution in [-0.4, -0.2) is 82.5 Å². The average Bonchev–Trinajstić information content (AvgIpc) is 3.64. The van der Waals surface area contributed by atoms with Crippen LogP contribution in [0.1, 0.15) is 28.3 Å². The molecule has 3 amide bonds. The molecule has 0 spiro atoms. The topological polar surface area (TPSA) is 123 Å². The van der Waals surface area contributed by atoms with Gasteiger partial charge in [0.05, 0.1) is 18.0 Å². The summed E-state index contributed by atoms with van der Waals surface area (Å²) in [5.74, 6) is -0.482. The number of H-pyrrole nitrogens is 1. The van der Waals surface area contributed by atoms with Gasteiger partial charge in [-0.15, -0.1) is 11.3 Å². The number of hydrogen-bond acceptors (Lipinski definition) is 7. The normalized spacial score (nSPS) is 18.5. The minimum Gasteiger partial charge on any atom is -0.354 e. The molecule has 2 aliphatic rings. The van der Waals surface area contributed by atoms with E-state index in [0.717, 1.165) is 16.9 Å². The third kappa shape index (κ3) is 4.96. The van der Waals surface area contributed by atoms with Crippen molar-refractivity contribution in [2.24, 2.45) is 5.92 Å². The van der Waals surface area contributed by atoms with Crippen molar-refractivity contribution in [2.75, 3.05) is 45.1 Å². The zero-order valence-electron chi connectivity index (χ0n) is 19.4. The first-order valence-electron chi connectivity index (χ1n) is 11.6. The number of thiazole rings is 1. The second-order valence-corrected chi connectivity index (χ2v) is 9.67. The maximum atomic E-state index is 12.9. The van der Waals surface area contributed by atoms with Crippen molar-refractivity contribution in [3.63, 3.8) is 0 Å². The summed E-state index contributed by atoms with van der Waals surface area (Å²) in [5.41, 5.74) is 2.83. The number of benzene rings is 1. The summed E-state index contributed by atoms with van der Waals surface area (Å²) in [5, 5.41) is 16.1. The van der Waals surface area contributed by atoms with Crippen LogP contribution in [0.5, 0.6) is 0 Å². The highest BCUT2D eigenvalue weighted by Gasteiger charge is 2.31. The lowest BCUT2D eigenvalue weighted by Gasteiger charge is -2.28. The van der Waals surface area contributed by atoms with Crippen LogP contribution in [0.3, 0.4) is 0 Å². The average molecular weight is 494 g/mol. The molecule has 1 aromatic carbocycles. The van der Waals surface area contributed by atoms with Crippen LogP contribution in [0.2, 0.25) is 0 Å². The van der Waals surface area contributed by atoms with Gasteiger partial charge in [-0.1, -0.05) is 6.08 Å². The molecular formula is C24H27N7O3S. The van der Waals surface area contributed by atoms with Gasteiger partial charge >= 0.3 is 0 Å². The summed E-state index contributed by atoms with van der Waals surface area (Å²) >= 11 is 1.62. The van der Waals surface area contributed by atoms with E-state index in [1.807, 2.05) is 10.3 Å². The van der Waals surface area contributed by atoms with Gasteiger partial charge in [-0.2, -0.15) is 5.10 Å². The molecule has 0 bridgehead atoms. The molecule has 0 radical (unpaired) electrons. The number of anilines is 1. The van der Waals surface area contributed by atoms with Gasteiger partial charge in [-0.3, -0.25) is 24.4 Å². The second-order valence-electron chi connectivity index (χ2n) is 8.78. The number of nitrogens with zero attached hydrogens (tertiary/aromatic N) is 4. The lowest BCUT2D eigenvalue weighted by atomic mass is 10.1. The predicted octanol–water partition coefficient (Wildman–Crippen LogP) is 1.96. The van der Waals surface area contributed by atoms with Crippen molar-refractivity contribution >= 4 is 51.2 Å². The first-order valence-corrected chi connectivity index (χ1v) is 12.5. The Labute approximate surface area is 206 Å². The summed E-state index contributed by atoms with van der Waals surface area (Å²) in [7, 11) is 1.55. The number of likely N-dealkylation sites (tertiary alicyclic amines) is 1. The molecular weight excluding hydrogens is 466 g/mol. The summed E-state index contributed by atoms with van der Waals surface area (Å²) in [4.78, 5) is 46.0. The van der Waals surface area contributed by atoms with Crippen LogP contribution in [0.4, 0.5) is 5.69 Å². The standard InChI is InChI=1S/C24H27N7O3S/c1-25-23(34)21-18-12-17(2-3-19(18)28-29-21)27-22(33)16-4-8-30(13-16)14-20(32)31-9-5-15(6-10-31)24-26-7-11-35-24/h2-3,5,7,11-12,16H,4,6,8-10,13-14H2,1H3,(H,25,34)(H,27,33)(H,28,29)/t16-/m1/s1. The Morgan fingerprint density at radius 2 is 2.14 bits per heavy atom. The first kappa shape index (κ1) is 23.2. The molecule has 3 aromatic rings. The van der Waals surface area contributed by atoms with Gasteiger partial charge < -0.3 is 15.5 Å². The Morgan fingerprint density at radius 3 is 2.89 bits per heavy atom. The Kier molecular flexibility index (Phi) is 6.60. The fourth-order valence-electron chi connectivity index (χ4n) is 4.58. The number of aromatic amines is 1. The molecule has 1 atom stereocenters. The van der Waals surface area contributed by atoms with Crippen molar-refractivity contribution in [3.8, 4) is 0 Å². The number of aromatic nitrogens is 3. The van der Waals surface area contributed by atoms with E-state index in [1.54, 1.807) is 42.8 Å². The number of carbonyl (C=O) groups is 3. The Balaban J connectivity index is 1.14. The van der Waals surface area contributed by atoms with Gasteiger partial charge in [-0.05, 0) is 43.2 Å². The second kappa shape index (κ2) is 9.96. The number of rotatable bonds is 6. The van der Waals surface area contributed by atoms with Gasteiger partial charge in [0.25, 0.3) is 5.91 Å². The molecule has 1 saturated heterocycles. The van der Waals surface area contributed by atoms with Gasteiger partial charge in [0.15, 0.2) is 5.69 Å². The third-order valence-corrected chi connectivity index (χ3v) is 7.39. The van der Waals surface area contributed by atoms with Crippen molar-refractivity contribution in [3.05, 3.63) is 46.6 Å². The highest BCUT2D eigenvalue weighted by molar-refractivity contribution is 7.10. The predicted molar refractivity (Wildman–Crippen MR) is 134 cm³/mol. The van der Waals surface area contributed by atoms with Crippen molar-refractivity contribution in [2.45, 2.75) is 12.8 Å². The number of hydrogen-bond donors (Lipinski definition) is 3. The molecule has 182 valence electrons. The maximum absolute atomic E-state index is 12.9. The lowest BCUT2D eigenvalue weighted by molar-refractivity contribution is -0.132. The fourth-order valence-corrected chi connectivity index (χ4v) is 5.29. The Morgan fingerprint density at radius 1 is 1.26 bits per heavy atom. The number of amides is 3. The quantitative estimate of drug-likeness (QED) is 0.482. The van der Waals surface area contributed by atoms with Gasteiger partial charge in [0.1, 0.15) is 5.01 Å². The first-order chi connectivity index (χ1) is 17.0. The monoisotopic (exact) mass is 493 g/mol. The van der Waals surface area contributed by atoms with E-state index in [9.17, 15) is 14.4 Å². The lowest BCUT2D eigenvalue weighted by Crippen LogP contribution is -2.41. The number of nitrogens with one attached hydrogen (secondary N) is 3. The summed E-state index contributed by atoms with van der Waals surface area (Å²) < 4.78 is 0. The molecule has 10 nitrogen and oxygen atoms in total. The molecule has 2 aliphatic heterocycles. The number of fused-ring (bicyclic) bond motifs is 1. The fraction of sp³-hybridized carbons (Fsp3) is 0.375. The van der Waals surface area contributed by atoms with Crippen LogP contribution in [-0.2, 0) is 9.59 Å². The van der Waals surface area contributed by atoms with Crippen LogP contribution in [0.15, 0.2) is 35.9 Å². The van der Waals surface area contributed by atoms with Crippen LogP contribution in [0.25, 0.3) is 16.5 Å². The van der Waals surface area contributed by atoms with E-state index in [0.29, 0.717) is 50.2 Å². The highest BCUT2D eigenvalue weighted by Crippen LogP contribution is 2.25. The van der Waals surface area contributed by atoms with Crippen molar-refractivity contribution < 1.29 is 14.4 Å². The third-order valence-electron chi connectivity index (χ3n) is 6.54. The van der Waals surface area contributed by atoms with Gasteiger partial charge in [-0.25, -0.2) is 4.98 Å². The van der Waals surface area contributed by atoms with E-state index < -0.39 is 0 Å². The van der Waals surface area contributed by atoms with Gasteiger partial charge in [0.2, 0.25) is 11.8 Å². The summed E-state index contributed by atoms with van der Waals surface area (Å²) in [6.45, 7) is 2.86. The van der Waals surface area contributed by atoms with Crippen LogP contribution >= 0.6 is 11.3 Å². The van der Waals surface area contributed by atoms with E-state index in [2.05, 4.69) is 36.8 Å². The van der Waals surface area contributed by atoms with E-state index in [1.165, 1.54) is 5.57 Å². The molecule has 11 heteroatoms. The zero-order chi connectivity index (χ0) is 24.4. The minimum absolute atomic E-state index is 0.0849. The molecule has 2 aromatic heterocycles. The Hall–Kier alpha value is -3.57. The molecule has 1 fully saturated rings. The molecule has 0 aliphatic carbocycles. The van der Waals surface area contributed by atoms with Gasteiger partial charge in [0, 0.05) is 49.3 Å². The molecule has 35 heavy (non-hydrogen) atoms. The van der Waals surface area contributed by atoms with E-state index in [-0.39, 0.29) is 29.3 Å². The smallest absolute Gasteiger partial charge is 0.272 e. The summed E-state index contributed by atoms with van der Waals surface area (Å²) in [6.07, 6.45) is 5.40. The molecule has 4 heterocycles.